The minimum absolute atomic E-state index is 0.224. The Hall–Kier alpha value is -3.10. The molecule has 0 atom stereocenters. The number of amides is 1. The number of nitrogens with zero attached hydrogens (tertiary/aromatic N) is 5. The average molecular weight is 385 g/mol. The number of guanidine groups is 1. The van der Waals surface area contributed by atoms with Crippen molar-refractivity contribution < 1.29 is 9.53 Å². The van der Waals surface area contributed by atoms with Gasteiger partial charge in [-0.2, -0.15) is 5.10 Å². The first-order chi connectivity index (χ1) is 13.7. The van der Waals surface area contributed by atoms with Crippen molar-refractivity contribution in [3.63, 3.8) is 0 Å². The molecular formula is C19H27N7O2. The molecule has 1 aromatic carbocycles. The van der Waals surface area contributed by atoms with Crippen LogP contribution in [-0.4, -0.2) is 64.5 Å². The van der Waals surface area contributed by atoms with E-state index in [-0.39, 0.29) is 12.1 Å². The maximum Gasteiger partial charge on any atom is 0.409 e. The first-order valence-corrected chi connectivity index (χ1v) is 9.52. The van der Waals surface area contributed by atoms with Crippen LogP contribution in [0.2, 0.25) is 0 Å². The molecule has 9 heteroatoms. The fourth-order valence-electron chi connectivity index (χ4n) is 3.10. The van der Waals surface area contributed by atoms with Crippen LogP contribution >= 0.6 is 0 Å². The summed E-state index contributed by atoms with van der Waals surface area (Å²) in [6.45, 7) is 4.28. The third-order valence-corrected chi connectivity index (χ3v) is 4.67. The number of aliphatic imine (C=N–C) groups is 1. The number of rotatable bonds is 5. The third-order valence-electron chi connectivity index (χ3n) is 4.67. The number of carbonyl (C=O) groups is 1. The first kappa shape index (κ1) is 19.7. The quantitative estimate of drug-likeness (QED) is 0.599. The number of benzene rings is 1. The molecule has 1 aromatic heterocycles. The van der Waals surface area contributed by atoms with Gasteiger partial charge in [-0.3, -0.25) is 4.99 Å². The van der Waals surface area contributed by atoms with E-state index in [1.54, 1.807) is 23.0 Å². The zero-order valence-electron chi connectivity index (χ0n) is 16.3. The van der Waals surface area contributed by atoms with Gasteiger partial charge in [0.25, 0.3) is 0 Å². The average Bonchev–Trinajstić information content (AvgIpc) is 3.27. The maximum atomic E-state index is 11.8. The lowest BCUT2D eigenvalue weighted by atomic mass is 10.1. The molecule has 1 fully saturated rings. The summed E-state index contributed by atoms with van der Waals surface area (Å²) in [6, 6.07) is 8.40. The van der Waals surface area contributed by atoms with Gasteiger partial charge in [0.05, 0.1) is 12.3 Å². The molecule has 1 aliphatic heterocycles. The zero-order valence-corrected chi connectivity index (χ0v) is 16.3. The van der Waals surface area contributed by atoms with Gasteiger partial charge in [-0.1, -0.05) is 12.1 Å². The highest BCUT2D eigenvalue weighted by atomic mass is 16.6. The smallest absolute Gasteiger partial charge is 0.409 e. The topological polar surface area (TPSA) is 96.7 Å². The van der Waals surface area contributed by atoms with Crippen LogP contribution in [0.25, 0.3) is 5.69 Å². The molecule has 1 saturated heterocycles. The molecule has 150 valence electrons. The van der Waals surface area contributed by atoms with Crippen LogP contribution in [0.3, 0.4) is 0 Å². The molecule has 0 radical (unpaired) electrons. The Morgan fingerprint density at radius 3 is 2.64 bits per heavy atom. The summed E-state index contributed by atoms with van der Waals surface area (Å²) in [5, 5.41) is 10.9. The van der Waals surface area contributed by atoms with Crippen LogP contribution in [0.15, 0.2) is 41.9 Å². The van der Waals surface area contributed by atoms with Gasteiger partial charge < -0.3 is 20.3 Å². The highest BCUT2D eigenvalue weighted by molar-refractivity contribution is 5.80. The molecule has 0 saturated carbocycles. The number of piperidine rings is 1. The van der Waals surface area contributed by atoms with Crippen LogP contribution in [0.5, 0.6) is 0 Å². The molecule has 9 nitrogen and oxygen atoms in total. The normalized spacial score (nSPS) is 15.4. The summed E-state index contributed by atoms with van der Waals surface area (Å²) in [6.07, 6.45) is 4.70. The standard InChI is InChI=1S/C19H27N7O2/c1-3-28-19(27)25-10-8-16(9-11-25)24-18(20-2)22-12-15-4-6-17(7-5-15)26-14-21-13-23-26/h4-7,13-14,16H,3,8-12H2,1-2H3,(H2,20,22,24). The van der Waals surface area contributed by atoms with Gasteiger partial charge in [0.1, 0.15) is 12.7 Å². The van der Waals surface area contributed by atoms with Crippen LogP contribution in [0, 0.1) is 0 Å². The summed E-state index contributed by atoms with van der Waals surface area (Å²) < 4.78 is 6.78. The number of ether oxygens (including phenoxy) is 1. The van der Waals surface area contributed by atoms with Crippen molar-refractivity contribution in [1.82, 2.24) is 30.3 Å². The Morgan fingerprint density at radius 1 is 1.29 bits per heavy atom. The SMILES string of the molecule is CCOC(=O)N1CCC(NC(=NC)NCc2ccc(-n3cncn3)cc2)CC1. The second-order valence-corrected chi connectivity index (χ2v) is 6.54. The van der Waals surface area contributed by atoms with Gasteiger partial charge >= 0.3 is 6.09 Å². The molecule has 2 N–H and O–H groups in total. The van der Waals surface area contributed by atoms with Crippen molar-refractivity contribution in [2.75, 3.05) is 26.7 Å². The van der Waals surface area contributed by atoms with Crippen LogP contribution in [-0.2, 0) is 11.3 Å². The number of hydrogen-bond acceptors (Lipinski definition) is 5. The van der Waals surface area contributed by atoms with Gasteiger partial charge in [-0.05, 0) is 37.5 Å². The van der Waals surface area contributed by atoms with Crippen molar-refractivity contribution in [3.8, 4) is 5.69 Å². The second kappa shape index (κ2) is 9.72. The van der Waals surface area contributed by atoms with Crippen LogP contribution in [0.4, 0.5) is 4.79 Å². The Morgan fingerprint density at radius 2 is 2.04 bits per heavy atom. The van der Waals surface area contributed by atoms with Crippen molar-refractivity contribution in [2.45, 2.75) is 32.4 Å². The summed E-state index contributed by atoms with van der Waals surface area (Å²) in [4.78, 5) is 21.8. The number of aromatic nitrogens is 3. The molecule has 0 unspecified atom stereocenters. The molecule has 0 spiro atoms. The van der Waals surface area contributed by atoms with Crippen molar-refractivity contribution >= 4 is 12.1 Å². The lowest BCUT2D eigenvalue weighted by molar-refractivity contribution is 0.0963. The summed E-state index contributed by atoms with van der Waals surface area (Å²) in [5.41, 5.74) is 2.11. The zero-order chi connectivity index (χ0) is 19.8. The predicted octanol–water partition coefficient (Wildman–Crippen LogP) is 1.55. The van der Waals surface area contributed by atoms with E-state index in [4.69, 9.17) is 4.74 Å². The van der Waals surface area contributed by atoms with Gasteiger partial charge in [0, 0.05) is 32.7 Å². The van der Waals surface area contributed by atoms with E-state index in [0.717, 1.165) is 30.1 Å². The molecular weight excluding hydrogens is 358 g/mol. The van der Waals surface area contributed by atoms with Gasteiger partial charge in [-0.15, -0.1) is 0 Å². The molecule has 28 heavy (non-hydrogen) atoms. The Labute approximate surface area is 164 Å². The van der Waals surface area contributed by atoms with Crippen LogP contribution < -0.4 is 10.6 Å². The molecule has 1 amide bonds. The van der Waals surface area contributed by atoms with Crippen molar-refractivity contribution in [2.24, 2.45) is 4.99 Å². The monoisotopic (exact) mass is 385 g/mol. The Kier molecular flexibility index (Phi) is 6.83. The summed E-state index contributed by atoms with van der Waals surface area (Å²) in [7, 11) is 1.76. The number of hydrogen-bond donors (Lipinski definition) is 2. The van der Waals surface area contributed by atoms with Crippen LogP contribution in [0.1, 0.15) is 25.3 Å². The largest absolute Gasteiger partial charge is 0.450 e. The molecule has 2 aromatic rings. The van der Waals surface area contributed by atoms with Crippen molar-refractivity contribution in [3.05, 3.63) is 42.5 Å². The Balaban J connectivity index is 1.44. The van der Waals surface area contributed by atoms with E-state index in [1.165, 1.54) is 6.33 Å². The molecule has 3 rings (SSSR count). The van der Waals surface area contributed by atoms with E-state index >= 15 is 0 Å². The lowest BCUT2D eigenvalue weighted by Gasteiger charge is -2.32. The second-order valence-electron chi connectivity index (χ2n) is 6.54. The van der Waals surface area contributed by atoms with E-state index in [9.17, 15) is 4.79 Å². The molecule has 2 heterocycles. The fraction of sp³-hybridized carbons (Fsp3) is 0.474. The minimum Gasteiger partial charge on any atom is -0.450 e. The minimum atomic E-state index is -0.224. The molecule has 0 aliphatic carbocycles. The van der Waals surface area contributed by atoms with E-state index < -0.39 is 0 Å². The molecule has 1 aliphatic rings. The van der Waals surface area contributed by atoms with Gasteiger partial charge in [-0.25, -0.2) is 14.5 Å². The highest BCUT2D eigenvalue weighted by Gasteiger charge is 2.23. The van der Waals surface area contributed by atoms with Crippen molar-refractivity contribution in [1.29, 1.82) is 0 Å². The Bertz CT molecular complexity index is 766. The number of likely N-dealkylation sites (tertiary alicyclic amines) is 1. The number of carbonyl (C=O) groups excluding carboxylic acids is 1. The van der Waals surface area contributed by atoms with E-state index in [1.807, 2.05) is 19.1 Å². The maximum absolute atomic E-state index is 11.8. The fourth-order valence-corrected chi connectivity index (χ4v) is 3.10. The highest BCUT2D eigenvalue weighted by Crippen LogP contribution is 2.12. The van der Waals surface area contributed by atoms with Gasteiger partial charge in [0.15, 0.2) is 5.96 Å². The third kappa shape index (κ3) is 5.21. The number of nitrogens with one attached hydrogen (secondary N) is 2. The summed E-state index contributed by atoms with van der Waals surface area (Å²) >= 11 is 0. The lowest BCUT2D eigenvalue weighted by Crippen LogP contribution is -2.49. The van der Waals surface area contributed by atoms with Gasteiger partial charge in [0.2, 0.25) is 0 Å². The van der Waals surface area contributed by atoms with E-state index in [0.29, 0.717) is 26.2 Å². The summed E-state index contributed by atoms with van der Waals surface area (Å²) in [5.74, 6) is 0.759. The first-order valence-electron chi connectivity index (χ1n) is 9.52. The van der Waals surface area contributed by atoms with E-state index in [2.05, 4.69) is 37.8 Å². The molecule has 0 bridgehead atoms. The predicted molar refractivity (Wildman–Crippen MR) is 106 cm³/mol.